The number of carbonyl (C=O) groups excluding carboxylic acids is 1. The molecule has 28 heavy (non-hydrogen) atoms. The normalized spacial score (nSPS) is 10.4. The first kappa shape index (κ1) is 19.4. The number of hydrogen-bond acceptors (Lipinski definition) is 6. The Hall–Kier alpha value is -3.41. The molecule has 1 aromatic heterocycles. The van der Waals surface area contributed by atoms with Crippen LogP contribution >= 0.6 is 0 Å². The minimum absolute atomic E-state index is 0.375. The lowest BCUT2D eigenvalue weighted by molar-refractivity contribution is 0.0601. The minimum Gasteiger partial charge on any atom is -0.465 e. The van der Waals surface area contributed by atoms with E-state index >= 15 is 0 Å². The number of ether oxygens (including phenoxy) is 1. The number of nitrogens with zero attached hydrogens (tertiary/aromatic N) is 3. The van der Waals surface area contributed by atoms with Crippen LogP contribution < -0.4 is 10.2 Å². The number of nitrogens with one attached hydrogen (secondary N) is 1. The van der Waals surface area contributed by atoms with Crippen molar-refractivity contribution in [3.63, 3.8) is 0 Å². The molecular formula is C22H24N4O2. The van der Waals surface area contributed by atoms with E-state index < -0.39 is 0 Å². The summed E-state index contributed by atoms with van der Waals surface area (Å²) in [6.07, 6.45) is 0. The van der Waals surface area contributed by atoms with Crippen molar-refractivity contribution in [3.8, 4) is 0 Å². The molecule has 6 nitrogen and oxygen atoms in total. The van der Waals surface area contributed by atoms with Crippen molar-refractivity contribution in [3.05, 3.63) is 71.5 Å². The summed E-state index contributed by atoms with van der Waals surface area (Å²) in [7, 11) is 1.37. The molecule has 0 radical (unpaired) electrons. The van der Waals surface area contributed by atoms with E-state index in [0.29, 0.717) is 17.2 Å². The largest absolute Gasteiger partial charge is 0.465 e. The van der Waals surface area contributed by atoms with E-state index in [2.05, 4.69) is 52.2 Å². The number of carbonyl (C=O) groups is 1. The van der Waals surface area contributed by atoms with Gasteiger partial charge in [0.25, 0.3) is 0 Å². The lowest BCUT2D eigenvalue weighted by Crippen LogP contribution is -2.18. The summed E-state index contributed by atoms with van der Waals surface area (Å²) in [4.78, 5) is 23.0. The summed E-state index contributed by atoms with van der Waals surface area (Å²) in [5.41, 5.74) is 3.51. The monoisotopic (exact) mass is 376 g/mol. The van der Waals surface area contributed by atoms with Gasteiger partial charge in [-0.2, -0.15) is 0 Å². The number of benzene rings is 2. The van der Waals surface area contributed by atoms with E-state index in [4.69, 9.17) is 4.74 Å². The van der Waals surface area contributed by atoms with Crippen LogP contribution in [-0.2, 0) is 4.74 Å². The predicted molar refractivity (Wildman–Crippen MR) is 112 cm³/mol. The van der Waals surface area contributed by atoms with Gasteiger partial charge in [0, 0.05) is 24.0 Å². The molecule has 0 amide bonds. The fraction of sp³-hybridized carbons (Fsp3) is 0.227. The van der Waals surface area contributed by atoms with Gasteiger partial charge in [0.15, 0.2) is 0 Å². The summed E-state index contributed by atoms with van der Waals surface area (Å²) in [6, 6.07) is 17.3. The molecule has 0 aliphatic rings. The van der Waals surface area contributed by atoms with Crippen molar-refractivity contribution >= 4 is 29.0 Å². The van der Waals surface area contributed by atoms with Crippen LogP contribution in [0, 0.1) is 13.8 Å². The number of esters is 1. The Morgan fingerprint density at radius 2 is 1.86 bits per heavy atom. The summed E-state index contributed by atoms with van der Waals surface area (Å²) in [5.74, 6) is 1.76. The smallest absolute Gasteiger partial charge is 0.337 e. The number of rotatable bonds is 6. The van der Waals surface area contributed by atoms with Crippen LogP contribution in [0.3, 0.4) is 0 Å². The Kier molecular flexibility index (Phi) is 5.89. The third kappa shape index (κ3) is 4.46. The first-order valence-electron chi connectivity index (χ1n) is 9.15. The van der Waals surface area contributed by atoms with Crippen molar-refractivity contribution in [1.29, 1.82) is 0 Å². The molecule has 0 bridgehead atoms. The van der Waals surface area contributed by atoms with Crippen molar-refractivity contribution in [1.82, 2.24) is 9.97 Å². The number of anilines is 4. The maximum absolute atomic E-state index is 11.8. The zero-order valence-corrected chi connectivity index (χ0v) is 16.6. The Balaban J connectivity index is 1.92. The van der Waals surface area contributed by atoms with E-state index in [1.165, 1.54) is 12.7 Å². The van der Waals surface area contributed by atoms with Crippen LogP contribution in [0.1, 0.15) is 28.7 Å². The number of hydrogen-bond donors (Lipinski definition) is 1. The molecule has 1 heterocycles. The molecule has 0 aliphatic carbocycles. The molecule has 144 valence electrons. The van der Waals surface area contributed by atoms with Gasteiger partial charge in [-0.3, -0.25) is 0 Å². The molecule has 0 fully saturated rings. The second-order valence-electron chi connectivity index (χ2n) is 6.44. The lowest BCUT2D eigenvalue weighted by Gasteiger charge is -2.23. The maximum Gasteiger partial charge on any atom is 0.337 e. The summed E-state index contributed by atoms with van der Waals surface area (Å²) in [6.45, 7) is 6.80. The lowest BCUT2D eigenvalue weighted by atomic mass is 10.2. The molecule has 0 unspecified atom stereocenters. The fourth-order valence-electron chi connectivity index (χ4n) is 3.02. The average Bonchev–Trinajstić information content (AvgIpc) is 2.68. The number of aryl methyl sites for hydroxylation is 2. The van der Waals surface area contributed by atoms with Gasteiger partial charge in [0.05, 0.1) is 12.7 Å². The molecule has 6 heteroatoms. The average molecular weight is 376 g/mol. The van der Waals surface area contributed by atoms with Gasteiger partial charge in [-0.1, -0.05) is 18.2 Å². The summed E-state index contributed by atoms with van der Waals surface area (Å²) in [5, 5.41) is 3.26. The highest BCUT2D eigenvalue weighted by atomic mass is 16.5. The van der Waals surface area contributed by atoms with Gasteiger partial charge in [0.1, 0.15) is 17.5 Å². The SMILES string of the molecule is CCN(c1cccc(C)c1)c1cc(Nc2cccc(C(=O)OC)c2)nc(C)n1. The second-order valence-corrected chi connectivity index (χ2v) is 6.44. The molecular weight excluding hydrogens is 352 g/mol. The van der Waals surface area contributed by atoms with Gasteiger partial charge in [-0.05, 0) is 56.7 Å². The Morgan fingerprint density at radius 3 is 2.57 bits per heavy atom. The van der Waals surface area contributed by atoms with E-state index in [-0.39, 0.29) is 5.97 Å². The van der Waals surface area contributed by atoms with E-state index in [1.54, 1.807) is 18.2 Å². The highest BCUT2D eigenvalue weighted by molar-refractivity contribution is 5.90. The Bertz CT molecular complexity index is 988. The summed E-state index contributed by atoms with van der Waals surface area (Å²) >= 11 is 0. The Labute approximate surface area is 165 Å². The third-order valence-corrected chi connectivity index (χ3v) is 4.29. The van der Waals surface area contributed by atoms with Crippen LogP contribution in [0.5, 0.6) is 0 Å². The maximum atomic E-state index is 11.8. The first-order chi connectivity index (χ1) is 13.5. The molecule has 0 saturated heterocycles. The number of aromatic nitrogens is 2. The number of methoxy groups -OCH3 is 1. The van der Waals surface area contributed by atoms with Gasteiger partial charge >= 0.3 is 5.97 Å². The van der Waals surface area contributed by atoms with Gasteiger partial charge in [0.2, 0.25) is 0 Å². The van der Waals surface area contributed by atoms with Crippen LogP contribution in [0.2, 0.25) is 0 Å². The van der Waals surface area contributed by atoms with Gasteiger partial charge in [-0.15, -0.1) is 0 Å². The summed E-state index contributed by atoms with van der Waals surface area (Å²) < 4.78 is 4.79. The zero-order chi connectivity index (χ0) is 20.1. The van der Waals surface area contributed by atoms with Crippen molar-refractivity contribution in [2.45, 2.75) is 20.8 Å². The molecule has 2 aromatic carbocycles. The van der Waals surface area contributed by atoms with Crippen LogP contribution in [0.15, 0.2) is 54.6 Å². The van der Waals surface area contributed by atoms with Crippen molar-refractivity contribution in [2.75, 3.05) is 23.9 Å². The topological polar surface area (TPSA) is 67.4 Å². The first-order valence-corrected chi connectivity index (χ1v) is 9.15. The molecule has 0 aliphatic heterocycles. The van der Waals surface area contributed by atoms with Crippen LogP contribution in [0.4, 0.5) is 23.0 Å². The highest BCUT2D eigenvalue weighted by Crippen LogP contribution is 2.27. The van der Waals surface area contributed by atoms with Gasteiger partial charge in [-0.25, -0.2) is 14.8 Å². The standard InChI is InChI=1S/C22H24N4O2/c1-5-26(19-11-6-8-15(2)12-19)21-14-20(23-16(3)24-21)25-18-10-7-9-17(13-18)22(27)28-4/h6-14H,5H2,1-4H3,(H,23,24,25). The van der Waals surface area contributed by atoms with E-state index in [1.807, 2.05) is 25.1 Å². The molecule has 0 saturated carbocycles. The molecule has 1 N–H and O–H groups in total. The van der Waals surface area contributed by atoms with E-state index in [0.717, 1.165) is 23.7 Å². The Morgan fingerprint density at radius 1 is 1.07 bits per heavy atom. The quantitative estimate of drug-likeness (QED) is 0.625. The van der Waals surface area contributed by atoms with Crippen LogP contribution in [-0.4, -0.2) is 29.6 Å². The van der Waals surface area contributed by atoms with Crippen molar-refractivity contribution < 1.29 is 9.53 Å². The van der Waals surface area contributed by atoms with Gasteiger partial charge < -0.3 is 15.0 Å². The fourth-order valence-corrected chi connectivity index (χ4v) is 3.02. The zero-order valence-electron chi connectivity index (χ0n) is 16.6. The predicted octanol–water partition coefficient (Wildman–Crippen LogP) is 4.78. The van der Waals surface area contributed by atoms with Crippen molar-refractivity contribution in [2.24, 2.45) is 0 Å². The molecule has 0 spiro atoms. The minimum atomic E-state index is -0.375. The molecule has 0 atom stereocenters. The third-order valence-electron chi connectivity index (χ3n) is 4.29. The van der Waals surface area contributed by atoms with E-state index in [9.17, 15) is 4.79 Å². The highest BCUT2D eigenvalue weighted by Gasteiger charge is 2.12. The molecule has 3 rings (SSSR count). The van der Waals surface area contributed by atoms with Crippen LogP contribution in [0.25, 0.3) is 0 Å². The molecule has 3 aromatic rings. The second kappa shape index (κ2) is 8.52.